The number of carbonyl (C=O) groups excluding carboxylic acids is 1. The lowest BCUT2D eigenvalue weighted by Gasteiger charge is -2.12. The molecule has 0 aliphatic heterocycles. The average Bonchev–Trinajstić information content (AvgIpc) is 1.85. The van der Waals surface area contributed by atoms with Crippen LogP contribution in [0.25, 0.3) is 0 Å². The van der Waals surface area contributed by atoms with Gasteiger partial charge < -0.3 is 19.4 Å². The zero-order chi connectivity index (χ0) is 7.98. The van der Waals surface area contributed by atoms with Crippen molar-refractivity contribution in [3.8, 4) is 0 Å². The van der Waals surface area contributed by atoms with Crippen molar-refractivity contribution in [1.29, 1.82) is 0 Å². The molecule has 0 aliphatic rings. The summed E-state index contributed by atoms with van der Waals surface area (Å²) in [6, 6.07) is 0. The molecule has 0 aromatic carbocycles. The monoisotopic (exact) mass is 147 g/mol. The standard InChI is InChI=1S/C6H12O4/c1-3-9-5(2)10-4-6(7)8/h5H,3-4H2,1-2H3,(H,7,8)/p-1. The van der Waals surface area contributed by atoms with Crippen LogP contribution in [0.15, 0.2) is 0 Å². The van der Waals surface area contributed by atoms with Crippen molar-refractivity contribution in [2.75, 3.05) is 13.2 Å². The van der Waals surface area contributed by atoms with Gasteiger partial charge in [0.05, 0.1) is 12.6 Å². The summed E-state index contributed by atoms with van der Waals surface area (Å²) < 4.78 is 9.54. The maximum Gasteiger partial charge on any atom is 0.155 e. The van der Waals surface area contributed by atoms with E-state index in [1.54, 1.807) is 13.8 Å². The Kier molecular flexibility index (Phi) is 4.88. The maximum atomic E-state index is 9.82. The minimum Gasteiger partial charge on any atom is -0.548 e. The van der Waals surface area contributed by atoms with Gasteiger partial charge in [-0.1, -0.05) is 0 Å². The molecule has 0 heterocycles. The van der Waals surface area contributed by atoms with Crippen molar-refractivity contribution in [1.82, 2.24) is 0 Å². The molecule has 60 valence electrons. The van der Waals surface area contributed by atoms with Gasteiger partial charge in [0, 0.05) is 6.61 Å². The second-order valence-corrected chi connectivity index (χ2v) is 1.71. The molecule has 0 aliphatic carbocycles. The molecule has 0 amide bonds. The van der Waals surface area contributed by atoms with Crippen molar-refractivity contribution in [3.63, 3.8) is 0 Å². The number of carboxylic acids is 1. The molecule has 1 atom stereocenters. The van der Waals surface area contributed by atoms with Crippen molar-refractivity contribution in [3.05, 3.63) is 0 Å². The second kappa shape index (κ2) is 5.20. The summed E-state index contributed by atoms with van der Waals surface area (Å²) in [4.78, 5) is 9.82. The van der Waals surface area contributed by atoms with E-state index in [1.165, 1.54) is 0 Å². The summed E-state index contributed by atoms with van der Waals surface area (Å²) >= 11 is 0. The molecule has 4 nitrogen and oxygen atoms in total. The van der Waals surface area contributed by atoms with Gasteiger partial charge in [0.2, 0.25) is 0 Å². The fourth-order valence-electron chi connectivity index (χ4n) is 0.468. The minimum absolute atomic E-state index is 0.416. The highest BCUT2D eigenvalue weighted by molar-refractivity contribution is 5.65. The summed E-state index contributed by atoms with van der Waals surface area (Å²) in [5, 5.41) is 9.82. The van der Waals surface area contributed by atoms with Gasteiger partial charge in [-0.05, 0) is 13.8 Å². The fourth-order valence-corrected chi connectivity index (χ4v) is 0.468. The third-order valence-electron chi connectivity index (χ3n) is 0.837. The van der Waals surface area contributed by atoms with E-state index >= 15 is 0 Å². The lowest BCUT2D eigenvalue weighted by Crippen LogP contribution is -2.30. The fraction of sp³-hybridized carbons (Fsp3) is 0.833. The number of rotatable bonds is 5. The van der Waals surface area contributed by atoms with Crippen LogP contribution in [-0.4, -0.2) is 25.5 Å². The first-order chi connectivity index (χ1) is 4.66. The highest BCUT2D eigenvalue weighted by Crippen LogP contribution is 1.90. The Balaban J connectivity index is 3.21. The van der Waals surface area contributed by atoms with Gasteiger partial charge in [0.1, 0.15) is 0 Å². The minimum atomic E-state index is -1.23. The van der Waals surface area contributed by atoms with Crippen molar-refractivity contribution >= 4 is 5.97 Å². The number of hydrogen-bond donors (Lipinski definition) is 0. The molecule has 0 rings (SSSR count). The molecule has 10 heavy (non-hydrogen) atoms. The third-order valence-corrected chi connectivity index (χ3v) is 0.837. The van der Waals surface area contributed by atoms with Crippen molar-refractivity contribution in [2.45, 2.75) is 20.1 Å². The highest BCUT2D eigenvalue weighted by Gasteiger charge is 1.98. The third kappa shape index (κ3) is 5.53. The van der Waals surface area contributed by atoms with Gasteiger partial charge in [-0.3, -0.25) is 0 Å². The first-order valence-electron chi connectivity index (χ1n) is 3.10. The predicted molar refractivity (Wildman–Crippen MR) is 32.0 cm³/mol. The summed E-state index contributed by atoms with van der Waals surface area (Å²) in [5.74, 6) is -1.23. The van der Waals surface area contributed by atoms with Crippen LogP contribution in [-0.2, 0) is 14.3 Å². The molecule has 0 aromatic heterocycles. The molecular weight excluding hydrogens is 136 g/mol. The van der Waals surface area contributed by atoms with Crippen LogP contribution in [0.1, 0.15) is 13.8 Å². The van der Waals surface area contributed by atoms with Crippen molar-refractivity contribution in [2.24, 2.45) is 0 Å². The molecule has 1 unspecified atom stereocenters. The normalized spacial score (nSPS) is 13.0. The van der Waals surface area contributed by atoms with Crippen LogP contribution in [0.3, 0.4) is 0 Å². The molecule has 0 spiro atoms. The maximum absolute atomic E-state index is 9.82. The quantitative estimate of drug-likeness (QED) is 0.474. The van der Waals surface area contributed by atoms with Crippen LogP contribution >= 0.6 is 0 Å². The van der Waals surface area contributed by atoms with Gasteiger partial charge in [-0.2, -0.15) is 0 Å². The molecule has 0 N–H and O–H groups in total. The largest absolute Gasteiger partial charge is 0.548 e. The molecule has 0 bridgehead atoms. The molecule has 0 radical (unpaired) electrons. The molecule has 0 saturated heterocycles. The Morgan fingerprint density at radius 1 is 1.60 bits per heavy atom. The summed E-state index contributed by atoms with van der Waals surface area (Å²) in [6.07, 6.45) is -0.470. The lowest BCUT2D eigenvalue weighted by atomic mass is 10.7. The Bertz CT molecular complexity index is 102. The second-order valence-electron chi connectivity index (χ2n) is 1.71. The molecule has 0 aromatic rings. The van der Waals surface area contributed by atoms with E-state index < -0.39 is 18.9 Å². The number of hydrogen-bond acceptors (Lipinski definition) is 4. The van der Waals surface area contributed by atoms with E-state index in [0.717, 1.165) is 0 Å². The number of carbonyl (C=O) groups is 1. The average molecular weight is 147 g/mol. The summed E-state index contributed by atoms with van der Waals surface area (Å²) in [7, 11) is 0. The number of carboxylic acid groups (broad SMARTS) is 1. The zero-order valence-electron chi connectivity index (χ0n) is 6.12. The van der Waals surface area contributed by atoms with Crippen LogP contribution in [0.4, 0.5) is 0 Å². The topological polar surface area (TPSA) is 58.6 Å². The van der Waals surface area contributed by atoms with Gasteiger partial charge in [-0.15, -0.1) is 0 Å². The Hall–Kier alpha value is -0.610. The van der Waals surface area contributed by atoms with Crippen LogP contribution < -0.4 is 5.11 Å². The number of ether oxygens (including phenoxy) is 2. The molecule has 0 saturated carbocycles. The van der Waals surface area contributed by atoms with E-state index in [9.17, 15) is 9.90 Å². The summed E-state index contributed by atoms with van der Waals surface area (Å²) in [6.45, 7) is 3.53. The smallest absolute Gasteiger partial charge is 0.155 e. The molecule has 0 fully saturated rings. The Morgan fingerprint density at radius 2 is 2.20 bits per heavy atom. The van der Waals surface area contributed by atoms with Crippen LogP contribution in [0.5, 0.6) is 0 Å². The van der Waals surface area contributed by atoms with Crippen molar-refractivity contribution < 1.29 is 19.4 Å². The SMILES string of the molecule is CCOC(C)OCC(=O)[O-]. The van der Waals surface area contributed by atoms with E-state index in [2.05, 4.69) is 4.74 Å². The van der Waals surface area contributed by atoms with Gasteiger partial charge >= 0.3 is 0 Å². The van der Waals surface area contributed by atoms with Gasteiger partial charge in [0.25, 0.3) is 0 Å². The Morgan fingerprint density at radius 3 is 2.60 bits per heavy atom. The predicted octanol–water partition coefficient (Wildman–Crippen LogP) is -0.865. The first-order valence-corrected chi connectivity index (χ1v) is 3.10. The van der Waals surface area contributed by atoms with Gasteiger partial charge in [-0.25, -0.2) is 0 Å². The first kappa shape index (κ1) is 9.39. The zero-order valence-corrected chi connectivity index (χ0v) is 6.12. The van der Waals surface area contributed by atoms with E-state index in [-0.39, 0.29) is 0 Å². The van der Waals surface area contributed by atoms with E-state index in [0.29, 0.717) is 6.61 Å². The molecular formula is C6H11O4-. The van der Waals surface area contributed by atoms with E-state index in [1.807, 2.05) is 0 Å². The highest BCUT2D eigenvalue weighted by atomic mass is 16.7. The van der Waals surface area contributed by atoms with Crippen LogP contribution in [0.2, 0.25) is 0 Å². The molecule has 4 heteroatoms. The lowest BCUT2D eigenvalue weighted by molar-refractivity contribution is -0.313. The Labute approximate surface area is 59.7 Å². The number of aliphatic carboxylic acids is 1. The summed E-state index contributed by atoms with van der Waals surface area (Å²) in [5.41, 5.74) is 0. The van der Waals surface area contributed by atoms with Crippen LogP contribution in [0, 0.1) is 0 Å². The van der Waals surface area contributed by atoms with E-state index in [4.69, 9.17) is 4.74 Å². The van der Waals surface area contributed by atoms with Gasteiger partial charge in [0.15, 0.2) is 6.29 Å².